The maximum atomic E-state index is 6.66. The zero-order valence-electron chi connectivity index (χ0n) is 26.9. The summed E-state index contributed by atoms with van der Waals surface area (Å²) in [6.07, 6.45) is 0. The third-order valence-corrected chi connectivity index (χ3v) is 10.2. The molecule has 0 saturated heterocycles. The van der Waals surface area contributed by atoms with E-state index in [4.69, 9.17) is 8.83 Å². The quantitative estimate of drug-likeness (QED) is 0.192. The Labute approximate surface area is 286 Å². The van der Waals surface area contributed by atoms with Crippen molar-refractivity contribution in [3.8, 4) is 5.69 Å². The van der Waals surface area contributed by atoms with Gasteiger partial charge in [-0.15, -0.1) is 0 Å². The van der Waals surface area contributed by atoms with Crippen LogP contribution in [-0.4, -0.2) is 4.57 Å². The smallest absolute Gasteiger partial charge is 0.159 e. The van der Waals surface area contributed by atoms with Crippen LogP contribution in [0.2, 0.25) is 0 Å². The highest BCUT2D eigenvalue weighted by Gasteiger charge is 2.24. The van der Waals surface area contributed by atoms with E-state index >= 15 is 0 Å². The van der Waals surface area contributed by atoms with Crippen molar-refractivity contribution in [2.24, 2.45) is 0 Å². The molecule has 3 aromatic heterocycles. The second kappa shape index (κ2) is 10.4. The Morgan fingerprint density at radius 2 is 0.980 bits per heavy atom. The molecule has 0 spiro atoms. The van der Waals surface area contributed by atoms with Crippen LogP contribution in [0.4, 0.5) is 17.1 Å². The van der Waals surface area contributed by atoms with E-state index in [1.807, 2.05) is 12.1 Å². The van der Waals surface area contributed by atoms with E-state index in [0.717, 1.165) is 77.4 Å². The first-order valence-corrected chi connectivity index (χ1v) is 16.9. The third-order valence-electron chi connectivity index (χ3n) is 10.2. The van der Waals surface area contributed by atoms with Gasteiger partial charge in [-0.2, -0.15) is 0 Å². The van der Waals surface area contributed by atoms with E-state index in [9.17, 15) is 0 Å². The minimum Gasteiger partial charge on any atom is -0.455 e. The lowest BCUT2D eigenvalue weighted by atomic mass is 10.0. The van der Waals surface area contributed by atoms with Gasteiger partial charge in [0.05, 0.1) is 27.8 Å². The van der Waals surface area contributed by atoms with Crippen LogP contribution in [0.3, 0.4) is 0 Å². The average Bonchev–Trinajstić information content (AvgIpc) is 3.86. The lowest BCUT2D eigenvalue weighted by Gasteiger charge is -2.26. The topological polar surface area (TPSA) is 34.5 Å². The molecule has 8 aromatic carbocycles. The number of nitrogens with zero attached hydrogens (tertiary/aromatic N) is 2. The molecule has 0 fully saturated rings. The minimum atomic E-state index is 0.843. The summed E-state index contributed by atoms with van der Waals surface area (Å²) >= 11 is 0. The summed E-state index contributed by atoms with van der Waals surface area (Å²) in [5.74, 6) is 0. The fourth-order valence-corrected chi connectivity index (χ4v) is 7.99. The van der Waals surface area contributed by atoms with Crippen LogP contribution in [0.1, 0.15) is 0 Å². The molecular formula is C46H28N2O2. The van der Waals surface area contributed by atoms with Crippen molar-refractivity contribution >= 4 is 93.5 Å². The molecule has 0 aliphatic carbocycles. The summed E-state index contributed by atoms with van der Waals surface area (Å²) < 4.78 is 15.7. The van der Waals surface area contributed by atoms with E-state index < -0.39 is 0 Å². The van der Waals surface area contributed by atoms with Gasteiger partial charge in [0, 0.05) is 43.7 Å². The van der Waals surface area contributed by atoms with E-state index in [1.54, 1.807) is 0 Å². The van der Waals surface area contributed by atoms with Crippen LogP contribution < -0.4 is 4.90 Å². The predicted molar refractivity (Wildman–Crippen MR) is 208 cm³/mol. The van der Waals surface area contributed by atoms with E-state index in [0.29, 0.717) is 0 Å². The van der Waals surface area contributed by atoms with Gasteiger partial charge in [-0.3, -0.25) is 0 Å². The van der Waals surface area contributed by atoms with Gasteiger partial charge >= 0.3 is 0 Å². The summed E-state index contributed by atoms with van der Waals surface area (Å²) in [6, 6.07) is 60.0. The lowest BCUT2D eigenvalue weighted by molar-refractivity contribution is 0.669. The summed E-state index contributed by atoms with van der Waals surface area (Å²) in [7, 11) is 0. The van der Waals surface area contributed by atoms with Crippen LogP contribution in [0.15, 0.2) is 179 Å². The molecule has 4 nitrogen and oxygen atoms in total. The first kappa shape index (κ1) is 27.2. The molecular weight excluding hydrogens is 613 g/mol. The van der Waals surface area contributed by atoms with Crippen LogP contribution >= 0.6 is 0 Å². The maximum absolute atomic E-state index is 6.66. The van der Waals surface area contributed by atoms with Gasteiger partial charge in [0.1, 0.15) is 16.7 Å². The Morgan fingerprint density at radius 3 is 1.78 bits per heavy atom. The number of hydrogen-bond acceptors (Lipinski definition) is 3. The maximum Gasteiger partial charge on any atom is 0.159 e. The first-order chi connectivity index (χ1) is 24.8. The molecule has 4 heteroatoms. The molecule has 50 heavy (non-hydrogen) atoms. The van der Waals surface area contributed by atoms with Crippen LogP contribution in [-0.2, 0) is 0 Å². The Kier molecular flexibility index (Phi) is 5.63. The van der Waals surface area contributed by atoms with Crippen LogP contribution in [0, 0.1) is 0 Å². The molecule has 0 bridgehead atoms. The molecule has 0 aliphatic rings. The van der Waals surface area contributed by atoms with Gasteiger partial charge in [0.25, 0.3) is 0 Å². The van der Waals surface area contributed by atoms with Crippen molar-refractivity contribution in [2.75, 3.05) is 4.90 Å². The Balaban J connectivity index is 1.18. The van der Waals surface area contributed by atoms with Crippen molar-refractivity contribution in [3.05, 3.63) is 170 Å². The lowest BCUT2D eigenvalue weighted by Crippen LogP contribution is -2.11. The molecule has 3 heterocycles. The molecule has 0 radical (unpaired) electrons. The molecule has 0 amide bonds. The van der Waals surface area contributed by atoms with Gasteiger partial charge in [-0.1, -0.05) is 103 Å². The fraction of sp³-hybridized carbons (Fsp3) is 0. The van der Waals surface area contributed by atoms with Gasteiger partial charge < -0.3 is 18.3 Å². The summed E-state index contributed by atoms with van der Waals surface area (Å²) in [5, 5.41) is 9.09. The third kappa shape index (κ3) is 3.81. The number of rotatable bonds is 4. The standard InChI is InChI=1S/C46H28N2O2/c1-2-12-32-29(11-1)23-28-37-44-40(19-10-22-43(44)50-45(32)37)48(41-20-9-16-36-35-15-5-8-21-42(35)49-46(36)41)31-26-24-30(25-27-31)47-38-17-6-3-13-33(38)34-14-4-7-18-39(34)47/h1-28H. The first-order valence-electron chi connectivity index (χ1n) is 16.9. The fourth-order valence-electron chi connectivity index (χ4n) is 7.99. The molecule has 11 aromatic rings. The van der Waals surface area contributed by atoms with E-state index in [-0.39, 0.29) is 0 Å². The highest BCUT2D eigenvalue weighted by atomic mass is 16.3. The molecule has 0 N–H and O–H groups in total. The van der Waals surface area contributed by atoms with Crippen LogP contribution in [0.5, 0.6) is 0 Å². The normalized spacial score (nSPS) is 12.0. The molecule has 0 saturated carbocycles. The molecule has 0 unspecified atom stereocenters. The Morgan fingerprint density at radius 1 is 0.380 bits per heavy atom. The van der Waals surface area contributed by atoms with Gasteiger partial charge in [0.2, 0.25) is 0 Å². The number of aromatic nitrogens is 1. The van der Waals surface area contributed by atoms with Crippen molar-refractivity contribution in [1.82, 2.24) is 4.57 Å². The van der Waals surface area contributed by atoms with E-state index in [1.165, 1.54) is 21.8 Å². The van der Waals surface area contributed by atoms with Gasteiger partial charge in [0.15, 0.2) is 5.58 Å². The number of furan rings is 2. The van der Waals surface area contributed by atoms with Crippen molar-refractivity contribution < 1.29 is 8.83 Å². The van der Waals surface area contributed by atoms with Crippen molar-refractivity contribution in [2.45, 2.75) is 0 Å². The number of fused-ring (bicyclic) bond motifs is 11. The summed E-state index contributed by atoms with van der Waals surface area (Å²) in [5.41, 5.74) is 9.94. The zero-order valence-corrected chi connectivity index (χ0v) is 26.9. The second-order valence-corrected chi connectivity index (χ2v) is 12.9. The van der Waals surface area contributed by atoms with Crippen LogP contribution in [0.25, 0.3) is 82.1 Å². The highest BCUT2D eigenvalue weighted by Crippen LogP contribution is 2.47. The largest absolute Gasteiger partial charge is 0.455 e. The average molecular weight is 641 g/mol. The second-order valence-electron chi connectivity index (χ2n) is 12.9. The Bertz CT molecular complexity index is 3050. The molecule has 0 atom stereocenters. The number of hydrogen-bond donors (Lipinski definition) is 0. The summed E-state index contributed by atoms with van der Waals surface area (Å²) in [6.45, 7) is 0. The molecule has 234 valence electrons. The van der Waals surface area contributed by atoms with Crippen molar-refractivity contribution in [1.29, 1.82) is 0 Å². The molecule has 0 aliphatic heterocycles. The zero-order chi connectivity index (χ0) is 32.8. The summed E-state index contributed by atoms with van der Waals surface area (Å²) in [4.78, 5) is 2.33. The van der Waals surface area contributed by atoms with Crippen molar-refractivity contribution in [3.63, 3.8) is 0 Å². The van der Waals surface area contributed by atoms with E-state index in [2.05, 4.69) is 167 Å². The Hall–Kier alpha value is -6.78. The monoisotopic (exact) mass is 640 g/mol. The number of benzene rings is 8. The number of anilines is 3. The predicted octanol–water partition coefficient (Wildman–Crippen LogP) is 13.2. The number of para-hydroxylation sites is 4. The minimum absolute atomic E-state index is 0.843. The highest BCUT2D eigenvalue weighted by molar-refractivity contribution is 6.20. The SMILES string of the molecule is c1ccc2c(c1)ccc1c2oc2cccc(N(c3ccc(-n4c5ccccc5c5ccccc54)cc3)c3cccc4c3oc3ccccc34)c21. The van der Waals surface area contributed by atoms with Gasteiger partial charge in [-0.05, 0) is 72.1 Å². The molecule has 11 rings (SSSR count). The van der Waals surface area contributed by atoms with Gasteiger partial charge in [-0.25, -0.2) is 0 Å².